The van der Waals surface area contributed by atoms with Gasteiger partial charge in [-0.05, 0) is 12.8 Å². The third-order valence-electron chi connectivity index (χ3n) is 3.38. The Balaban J connectivity index is 1.77. The zero-order valence-corrected chi connectivity index (χ0v) is 10.9. The standard InChI is InChI=1S/C12H17F3N4O/c13-12(14,15)10-2-1-5-19(8-10)11(20)17-4-7-18-6-3-16-9-18/h3,6,9-10H,1-2,4-5,7-8H2,(H,17,20)/t10-/m1/s1. The Hall–Kier alpha value is -1.73. The second-order valence-corrected chi connectivity index (χ2v) is 4.86. The molecule has 0 bridgehead atoms. The van der Waals surface area contributed by atoms with E-state index in [9.17, 15) is 18.0 Å². The van der Waals surface area contributed by atoms with Crippen molar-refractivity contribution in [3.63, 3.8) is 0 Å². The van der Waals surface area contributed by atoms with Crippen molar-refractivity contribution in [3.05, 3.63) is 18.7 Å². The van der Waals surface area contributed by atoms with Crippen LogP contribution in [0.25, 0.3) is 0 Å². The number of imidazole rings is 1. The molecule has 2 heterocycles. The summed E-state index contributed by atoms with van der Waals surface area (Å²) in [5.74, 6) is -1.41. The van der Waals surface area contributed by atoms with Gasteiger partial charge >= 0.3 is 12.2 Å². The van der Waals surface area contributed by atoms with Gasteiger partial charge < -0.3 is 14.8 Å². The highest BCUT2D eigenvalue weighted by atomic mass is 19.4. The molecule has 1 aromatic rings. The summed E-state index contributed by atoms with van der Waals surface area (Å²) in [5.41, 5.74) is 0. The molecule has 2 rings (SSSR count). The zero-order chi connectivity index (χ0) is 14.6. The zero-order valence-electron chi connectivity index (χ0n) is 10.9. The van der Waals surface area contributed by atoms with Gasteiger partial charge in [0.2, 0.25) is 0 Å². The second kappa shape index (κ2) is 6.15. The maximum absolute atomic E-state index is 12.6. The largest absolute Gasteiger partial charge is 0.393 e. The van der Waals surface area contributed by atoms with E-state index < -0.39 is 18.1 Å². The molecular formula is C12H17F3N4O. The number of aromatic nitrogens is 2. The smallest absolute Gasteiger partial charge is 0.336 e. The van der Waals surface area contributed by atoms with Crippen molar-refractivity contribution in [2.45, 2.75) is 25.6 Å². The van der Waals surface area contributed by atoms with Crippen LogP contribution in [0.15, 0.2) is 18.7 Å². The quantitative estimate of drug-likeness (QED) is 0.924. The fourth-order valence-corrected chi connectivity index (χ4v) is 2.25. The summed E-state index contributed by atoms with van der Waals surface area (Å²) < 4.78 is 39.7. The first-order chi connectivity index (χ1) is 9.47. The van der Waals surface area contributed by atoms with Crippen LogP contribution in [0.4, 0.5) is 18.0 Å². The summed E-state index contributed by atoms with van der Waals surface area (Å²) in [4.78, 5) is 16.9. The molecule has 112 valence electrons. The number of halogens is 3. The minimum atomic E-state index is -4.23. The van der Waals surface area contributed by atoms with Crippen molar-refractivity contribution in [1.29, 1.82) is 0 Å². The summed E-state index contributed by atoms with van der Waals surface area (Å²) in [6.07, 6.45) is 1.26. The molecule has 1 aromatic heterocycles. The number of alkyl halides is 3. The third kappa shape index (κ3) is 3.88. The van der Waals surface area contributed by atoms with Crippen molar-refractivity contribution < 1.29 is 18.0 Å². The molecule has 2 amide bonds. The molecule has 1 atom stereocenters. The molecule has 1 N–H and O–H groups in total. The van der Waals surface area contributed by atoms with E-state index in [2.05, 4.69) is 10.3 Å². The molecule has 20 heavy (non-hydrogen) atoms. The summed E-state index contributed by atoms with van der Waals surface area (Å²) >= 11 is 0. The molecule has 1 aliphatic heterocycles. The van der Waals surface area contributed by atoms with E-state index in [1.807, 2.05) is 0 Å². The summed E-state index contributed by atoms with van der Waals surface area (Å²) in [6.45, 7) is 1.04. The topological polar surface area (TPSA) is 50.2 Å². The molecule has 0 spiro atoms. The molecule has 1 saturated heterocycles. The molecule has 0 radical (unpaired) electrons. The van der Waals surface area contributed by atoms with Crippen LogP contribution >= 0.6 is 0 Å². The number of carbonyl (C=O) groups is 1. The lowest BCUT2D eigenvalue weighted by atomic mass is 9.98. The Labute approximate surface area is 114 Å². The Morgan fingerprint density at radius 3 is 2.90 bits per heavy atom. The number of rotatable bonds is 3. The average molecular weight is 290 g/mol. The van der Waals surface area contributed by atoms with Gasteiger partial charge in [0, 0.05) is 38.6 Å². The number of nitrogens with one attached hydrogen (secondary N) is 1. The van der Waals surface area contributed by atoms with Gasteiger partial charge in [0.1, 0.15) is 0 Å². The van der Waals surface area contributed by atoms with Gasteiger partial charge in [0.25, 0.3) is 0 Å². The van der Waals surface area contributed by atoms with E-state index >= 15 is 0 Å². The Bertz CT molecular complexity index is 432. The lowest BCUT2D eigenvalue weighted by Crippen LogP contribution is -2.49. The van der Waals surface area contributed by atoms with Crippen LogP contribution in [-0.4, -0.2) is 46.3 Å². The highest BCUT2D eigenvalue weighted by molar-refractivity contribution is 5.74. The average Bonchev–Trinajstić information content (AvgIpc) is 2.91. The first-order valence-corrected chi connectivity index (χ1v) is 6.52. The number of hydrogen-bond acceptors (Lipinski definition) is 2. The van der Waals surface area contributed by atoms with Crippen LogP contribution in [0.3, 0.4) is 0 Å². The molecule has 0 aliphatic carbocycles. The van der Waals surface area contributed by atoms with Crippen LogP contribution in [0.5, 0.6) is 0 Å². The first-order valence-electron chi connectivity index (χ1n) is 6.52. The predicted molar refractivity (Wildman–Crippen MR) is 66.0 cm³/mol. The van der Waals surface area contributed by atoms with Gasteiger partial charge in [0.05, 0.1) is 12.2 Å². The van der Waals surface area contributed by atoms with E-state index in [1.165, 1.54) is 4.90 Å². The van der Waals surface area contributed by atoms with Gasteiger partial charge in [-0.25, -0.2) is 9.78 Å². The van der Waals surface area contributed by atoms with Crippen molar-refractivity contribution >= 4 is 6.03 Å². The predicted octanol–water partition coefficient (Wildman–Crippen LogP) is 1.87. The number of likely N-dealkylation sites (tertiary alicyclic amines) is 1. The van der Waals surface area contributed by atoms with E-state index in [1.54, 1.807) is 23.3 Å². The van der Waals surface area contributed by atoms with Crippen LogP contribution in [0, 0.1) is 5.92 Å². The van der Waals surface area contributed by atoms with Gasteiger partial charge in [-0.15, -0.1) is 0 Å². The van der Waals surface area contributed by atoms with E-state index in [0.29, 0.717) is 26.1 Å². The van der Waals surface area contributed by atoms with Crippen molar-refractivity contribution in [2.75, 3.05) is 19.6 Å². The first kappa shape index (κ1) is 14.7. The molecule has 1 aliphatic rings. The van der Waals surface area contributed by atoms with Crippen molar-refractivity contribution in [1.82, 2.24) is 19.8 Å². The SMILES string of the molecule is O=C(NCCn1ccnc1)N1CCC[C@@H](C(F)(F)F)C1. The van der Waals surface area contributed by atoms with Gasteiger partial charge in [0.15, 0.2) is 0 Å². The number of nitrogens with zero attached hydrogens (tertiary/aromatic N) is 3. The van der Waals surface area contributed by atoms with Gasteiger partial charge in [-0.2, -0.15) is 13.2 Å². The maximum Gasteiger partial charge on any atom is 0.393 e. The Morgan fingerprint density at radius 2 is 2.25 bits per heavy atom. The number of hydrogen-bond donors (Lipinski definition) is 1. The lowest BCUT2D eigenvalue weighted by Gasteiger charge is -2.33. The van der Waals surface area contributed by atoms with Gasteiger partial charge in [-0.1, -0.05) is 0 Å². The molecule has 5 nitrogen and oxygen atoms in total. The van der Waals surface area contributed by atoms with Crippen LogP contribution in [0.1, 0.15) is 12.8 Å². The van der Waals surface area contributed by atoms with E-state index in [4.69, 9.17) is 0 Å². The minimum Gasteiger partial charge on any atom is -0.336 e. The monoisotopic (exact) mass is 290 g/mol. The normalized spacial score (nSPS) is 19.9. The highest BCUT2D eigenvalue weighted by Gasteiger charge is 2.42. The van der Waals surface area contributed by atoms with Crippen molar-refractivity contribution in [3.8, 4) is 0 Å². The number of carbonyl (C=O) groups excluding carboxylic acids is 1. The molecule has 8 heteroatoms. The Kier molecular flexibility index (Phi) is 4.51. The number of piperidine rings is 1. The molecule has 0 unspecified atom stereocenters. The van der Waals surface area contributed by atoms with Crippen LogP contribution in [0.2, 0.25) is 0 Å². The van der Waals surface area contributed by atoms with Crippen LogP contribution in [-0.2, 0) is 6.54 Å². The molecule has 1 fully saturated rings. The van der Waals surface area contributed by atoms with E-state index in [0.717, 1.165) is 0 Å². The highest BCUT2D eigenvalue weighted by Crippen LogP contribution is 2.32. The molecular weight excluding hydrogens is 273 g/mol. The number of amides is 2. The Morgan fingerprint density at radius 1 is 1.45 bits per heavy atom. The molecule has 0 aromatic carbocycles. The summed E-state index contributed by atoms with van der Waals surface area (Å²) in [6, 6.07) is -0.431. The fraction of sp³-hybridized carbons (Fsp3) is 0.667. The third-order valence-corrected chi connectivity index (χ3v) is 3.38. The summed E-state index contributed by atoms with van der Waals surface area (Å²) in [5, 5.41) is 2.63. The lowest BCUT2D eigenvalue weighted by molar-refractivity contribution is -0.183. The fourth-order valence-electron chi connectivity index (χ4n) is 2.25. The minimum absolute atomic E-state index is 0.0995. The van der Waals surface area contributed by atoms with E-state index in [-0.39, 0.29) is 13.0 Å². The second-order valence-electron chi connectivity index (χ2n) is 4.86. The maximum atomic E-state index is 12.6. The van der Waals surface area contributed by atoms with Gasteiger partial charge in [-0.3, -0.25) is 0 Å². The number of urea groups is 1. The molecule has 0 saturated carbocycles. The van der Waals surface area contributed by atoms with Crippen LogP contribution < -0.4 is 5.32 Å². The van der Waals surface area contributed by atoms with Crippen molar-refractivity contribution in [2.24, 2.45) is 5.92 Å². The summed E-state index contributed by atoms with van der Waals surface area (Å²) in [7, 11) is 0.